The minimum absolute atomic E-state index is 0.163. The van der Waals surface area contributed by atoms with E-state index in [0.717, 1.165) is 86.2 Å². The topological polar surface area (TPSA) is 136 Å². The van der Waals surface area contributed by atoms with Crippen LogP contribution in [0.25, 0.3) is 46.1 Å². The number of hydrogen-bond donors (Lipinski definition) is 0. The van der Waals surface area contributed by atoms with E-state index >= 15 is 0 Å². The molecule has 53 heavy (non-hydrogen) atoms. The number of hydrogen-bond acceptors (Lipinski definition) is 6. The molecule has 0 aliphatic rings. The summed E-state index contributed by atoms with van der Waals surface area (Å²) >= 11 is 0. The number of imidazole rings is 2. The molecule has 3 heterocycles. The predicted molar refractivity (Wildman–Crippen MR) is 213 cm³/mol. The highest BCUT2D eigenvalue weighted by Gasteiger charge is 2.17. The van der Waals surface area contributed by atoms with E-state index < -0.39 is 0 Å². The Kier molecular flexibility index (Phi) is 13.8. The van der Waals surface area contributed by atoms with Crippen LogP contribution in [0.15, 0.2) is 36.4 Å². The zero-order valence-corrected chi connectivity index (χ0v) is 31.4. The van der Waals surface area contributed by atoms with Crippen molar-refractivity contribution in [2.24, 2.45) is 0 Å². The van der Waals surface area contributed by atoms with E-state index in [2.05, 4.69) is 96.0 Å². The van der Waals surface area contributed by atoms with Crippen LogP contribution in [0.4, 0.5) is 0 Å². The van der Waals surface area contributed by atoms with Crippen LogP contribution in [-0.4, -0.2) is 23.7 Å². The minimum atomic E-state index is 0.163. The van der Waals surface area contributed by atoms with Gasteiger partial charge in [-0.25, -0.2) is 9.97 Å². The van der Waals surface area contributed by atoms with Gasteiger partial charge in [-0.3, -0.25) is 0 Å². The monoisotopic (exact) mass is 703 g/mol. The Morgan fingerprint density at radius 1 is 0.491 bits per heavy atom. The lowest BCUT2D eigenvalue weighted by Gasteiger charge is -2.08. The third kappa shape index (κ3) is 8.95. The highest BCUT2D eigenvalue weighted by Crippen LogP contribution is 2.32. The first-order valence-corrected chi connectivity index (χ1v) is 19.2. The van der Waals surface area contributed by atoms with Gasteiger partial charge in [-0.05, 0) is 66.8 Å². The fourth-order valence-corrected chi connectivity index (χ4v) is 7.05. The second kappa shape index (κ2) is 19.1. The maximum absolute atomic E-state index is 9.85. The third-order valence-electron chi connectivity index (χ3n) is 9.89. The van der Waals surface area contributed by atoms with Gasteiger partial charge in [0.2, 0.25) is 0 Å². The number of rotatable bonds is 19. The first-order chi connectivity index (χ1) is 26.0. The van der Waals surface area contributed by atoms with Crippen LogP contribution in [-0.2, 0) is 19.6 Å². The number of benzene rings is 2. The summed E-state index contributed by atoms with van der Waals surface area (Å²) in [5.41, 5.74) is 5.30. The van der Waals surface area contributed by atoms with Crippen molar-refractivity contribution in [2.45, 2.75) is 117 Å². The van der Waals surface area contributed by atoms with Crippen LogP contribution in [0, 0.1) is 45.3 Å². The van der Waals surface area contributed by atoms with E-state index in [1.807, 2.05) is 33.4 Å². The quantitative estimate of drug-likeness (QED) is 0.0785. The molecule has 0 atom stereocenters. The summed E-state index contributed by atoms with van der Waals surface area (Å²) in [7, 11) is 0. The lowest BCUT2D eigenvalue weighted by atomic mass is 10.1. The van der Waals surface area contributed by atoms with E-state index in [1.54, 1.807) is 0 Å². The van der Waals surface area contributed by atoms with Crippen molar-refractivity contribution >= 4 is 46.1 Å². The molecule has 2 aromatic carbocycles. The van der Waals surface area contributed by atoms with E-state index in [-0.39, 0.29) is 11.4 Å². The minimum Gasteiger partial charge on any atom is -0.340 e. The molecule has 5 rings (SSSR count). The second-order valence-electron chi connectivity index (χ2n) is 13.6. The number of aromatic nitrogens is 5. The molecular formula is C44H49N9. The van der Waals surface area contributed by atoms with Crippen LogP contribution in [0.1, 0.15) is 143 Å². The first kappa shape index (κ1) is 38.3. The number of unbranched alkanes of at least 4 members (excludes halogenated alkanes) is 9. The molecular weight excluding hydrogens is 655 g/mol. The van der Waals surface area contributed by atoms with Gasteiger partial charge in [0.15, 0.2) is 22.8 Å². The van der Waals surface area contributed by atoms with E-state index in [4.69, 9.17) is 0 Å². The van der Waals surface area contributed by atoms with Gasteiger partial charge in [-0.15, -0.1) is 0 Å². The molecule has 5 aromatic rings. The average Bonchev–Trinajstić information content (AvgIpc) is 3.82. The Bertz CT molecular complexity index is 2110. The van der Waals surface area contributed by atoms with Crippen molar-refractivity contribution in [1.82, 2.24) is 23.7 Å². The summed E-state index contributed by atoms with van der Waals surface area (Å²) in [5, 5.41) is 41.3. The SMILES string of the molecule is CCCCCCn1c(/C=C/c2ccc3c(c2)c2cc(/C=C/c4nc(C#N)c(C#N)n4CCCCCC)ccc2n3CCCCCC)nc(C#N)c1C#N. The van der Waals surface area contributed by atoms with Gasteiger partial charge in [-0.1, -0.05) is 103 Å². The number of fused-ring (bicyclic) bond motifs is 3. The molecule has 0 fully saturated rings. The van der Waals surface area contributed by atoms with Crippen molar-refractivity contribution in [3.8, 4) is 24.3 Å². The Morgan fingerprint density at radius 2 is 0.887 bits per heavy atom. The molecule has 9 nitrogen and oxygen atoms in total. The number of nitriles is 4. The zero-order valence-electron chi connectivity index (χ0n) is 31.4. The molecule has 0 aliphatic carbocycles. The van der Waals surface area contributed by atoms with E-state index in [9.17, 15) is 21.0 Å². The van der Waals surface area contributed by atoms with Crippen molar-refractivity contribution < 1.29 is 0 Å². The number of aryl methyl sites for hydroxylation is 1. The Hall–Kier alpha value is -5.90. The molecule has 0 unspecified atom stereocenters. The molecule has 0 radical (unpaired) electrons. The molecule has 0 N–H and O–H groups in total. The maximum Gasteiger partial charge on any atom is 0.177 e. The standard InChI is InChI=1S/C44H49N9/c1-4-7-10-13-24-51-39-20-16-33(18-22-43-49-37(29-45)41(31-47)52(43)25-14-11-8-5-2)27-35(39)36-28-34(17-21-40(36)51)19-23-44-50-38(30-46)42(32-48)53(44)26-15-12-9-6-3/h16-23,27-28H,4-15,24-26H2,1-3H3/b22-18+,23-19+. The van der Waals surface area contributed by atoms with Crippen molar-refractivity contribution in [3.05, 3.63) is 81.9 Å². The predicted octanol–water partition coefficient (Wildman–Crippen LogP) is 10.8. The molecule has 0 saturated carbocycles. The fourth-order valence-electron chi connectivity index (χ4n) is 7.05. The molecule has 9 heteroatoms. The van der Waals surface area contributed by atoms with Gasteiger partial charge in [0, 0.05) is 41.4 Å². The summed E-state index contributed by atoms with van der Waals surface area (Å²) < 4.78 is 6.17. The molecule has 270 valence electrons. The maximum atomic E-state index is 9.85. The smallest absolute Gasteiger partial charge is 0.177 e. The van der Waals surface area contributed by atoms with Crippen LogP contribution < -0.4 is 0 Å². The Labute approximate surface area is 313 Å². The van der Waals surface area contributed by atoms with Gasteiger partial charge in [0.1, 0.15) is 35.9 Å². The Balaban J connectivity index is 1.53. The molecule has 0 bridgehead atoms. The first-order valence-electron chi connectivity index (χ1n) is 19.2. The molecule has 3 aromatic heterocycles. The summed E-state index contributed by atoms with van der Waals surface area (Å²) in [5.74, 6) is 1.23. The van der Waals surface area contributed by atoms with Gasteiger partial charge < -0.3 is 13.7 Å². The van der Waals surface area contributed by atoms with Crippen LogP contribution in [0.3, 0.4) is 0 Å². The molecule has 0 aliphatic heterocycles. The lowest BCUT2D eigenvalue weighted by molar-refractivity contribution is 0.576. The molecule has 0 saturated heterocycles. The summed E-state index contributed by atoms with van der Waals surface area (Å²) in [6, 6.07) is 21.6. The lowest BCUT2D eigenvalue weighted by Crippen LogP contribution is -2.04. The van der Waals surface area contributed by atoms with Crippen LogP contribution in [0.2, 0.25) is 0 Å². The van der Waals surface area contributed by atoms with Crippen LogP contribution >= 0.6 is 0 Å². The van der Waals surface area contributed by atoms with Crippen molar-refractivity contribution in [2.75, 3.05) is 0 Å². The summed E-state index contributed by atoms with van der Waals surface area (Å²) in [6.07, 6.45) is 21.0. The Morgan fingerprint density at radius 3 is 1.25 bits per heavy atom. The highest BCUT2D eigenvalue weighted by molar-refractivity contribution is 6.09. The number of nitrogens with zero attached hydrogens (tertiary/aromatic N) is 9. The average molecular weight is 704 g/mol. The largest absolute Gasteiger partial charge is 0.340 e. The van der Waals surface area contributed by atoms with Gasteiger partial charge in [0.05, 0.1) is 0 Å². The van der Waals surface area contributed by atoms with Crippen LogP contribution in [0.5, 0.6) is 0 Å². The van der Waals surface area contributed by atoms with Gasteiger partial charge >= 0.3 is 0 Å². The van der Waals surface area contributed by atoms with Crippen molar-refractivity contribution in [1.29, 1.82) is 21.0 Å². The molecule has 0 amide bonds. The highest BCUT2D eigenvalue weighted by atomic mass is 15.1. The fraction of sp³-hybridized carbons (Fsp3) is 0.409. The summed E-state index contributed by atoms with van der Waals surface area (Å²) in [6.45, 7) is 8.79. The zero-order chi connectivity index (χ0) is 37.6. The van der Waals surface area contributed by atoms with E-state index in [0.29, 0.717) is 36.1 Å². The van der Waals surface area contributed by atoms with Gasteiger partial charge in [0.25, 0.3) is 0 Å². The van der Waals surface area contributed by atoms with Gasteiger partial charge in [-0.2, -0.15) is 21.0 Å². The molecule has 0 spiro atoms. The summed E-state index contributed by atoms with van der Waals surface area (Å²) in [4.78, 5) is 9.05. The van der Waals surface area contributed by atoms with Crippen molar-refractivity contribution in [3.63, 3.8) is 0 Å². The third-order valence-corrected chi connectivity index (χ3v) is 9.89. The second-order valence-corrected chi connectivity index (χ2v) is 13.6. The normalized spacial score (nSPS) is 11.5. The van der Waals surface area contributed by atoms with E-state index in [1.165, 1.54) is 30.3 Å².